The molecule has 0 aliphatic carbocycles. The fourth-order valence-corrected chi connectivity index (χ4v) is 2.59. The molecule has 23 heavy (non-hydrogen) atoms. The lowest BCUT2D eigenvalue weighted by molar-refractivity contribution is -0.143. The van der Waals surface area contributed by atoms with Gasteiger partial charge in [0, 0.05) is 0 Å². The Morgan fingerprint density at radius 1 is 1.09 bits per heavy atom. The summed E-state index contributed by atoms with van der Waals surface area (Å²) in [5, 5.41) is 3.90. The number of para-hydroxylation sites is 1. The number of carbonyl (C=O) groups excluding carboxylic acids is 2. The predicted molar refractivity (Wildman–Crippen MR) is 84.4 cm³/mol. The lowest BCUT2D eigenvalue weighted by Crippen LogP contribution is -2.28. The molecule has 1 atom stereocenters. The molecule has 0 N–H and O–H groups in total. The molecule has 116 valence electrons. The highest BCUT2D eigenvalue weighted by atomic mass is 32.1. The van der Waals surface area contributed by atoms with Gasteiger partial charge in [0.2, 0.25) is 0 Å². The Morgan fingerprint density at radius 2 is 1.87 bits per heavy atom. The van der Waals surface area contributed by atoms with Crippen molar-refractivity contribution < 1.29 is 19.1 Å². The standard InChI is InChI=1S/C16H12N2O4S/c1-10(15(19)22-11-6-3-2-4-7-11)21-16(20)12-8-5-9-13-14(12)23-18-17-13/h2-10H,1H3. The van der Waals surface area contributed by atoms with Gasteiger partial charge in [0.25, 0.3) is 0 Å². The zero-order valence-electron chi connectivity index (χ0n) is 12.1. The third-order valence-corrected chi connectivity index (χ3v) is 3.85. The fraction of sp³-hybridized carbons (Fsp3) is 0.125. The van der Waals surface area contributed by atoms with E-state index in [0.29, 0.717) is 21.5 Å². The number of aromatic nitrogens is 2. The summed E-state index contributed by atoms with van der Waals surface area (Å²) >= 11 is 1.10. The first kappa shape index (κ1) is 15.1. The van der Waals surface area contributed by atoms with Crippen molar-refractivity contribution in [2.45, 2.75) is 13.0 Å². The quantitative estimate of drug-likeness (QED) is 0.541. The van der Waals surface area contributed by atoms with Crippen molar-refractivity contribution >= 4 is 33.7 Å². The Bertz CT molecular complexity index is 847. The molecule has 2 aromatic carbocycles. The van der Waals surface area contributed by atoms with Gasteiger partial charge in [-0.3, -0.25) is 0 Å². The number of fused-ring (bicyclic) bond motifs is 1. The highest BCUT2D eigenvalue weighted by molar-refractivity contribution is 7.13. The van der Waals surface area contributed by atoms with Crippen LogP contribution >= 0.6 is 11.5 Å². The minimum atomic E-state index is -1.03. The van der Waals surface area contributed by atoms with Crippen LogP contribution in [0.1, 0.15) is 17.3 Å². The van der Waals surface area contributed by atoms with Crippen molar-refractivity contribution in [3.05, 3.63) is 54.1 Å². The van der Waals surface area contributed by atoms with Crippen molar-refractivity contribution in [2.24, 2.45) is 0 Å². The first-order chi connectivity index (χ1) is 11.1. The van der Waals surface area contributed by atoms with E-state index in [0.717, 1.165) is 11.5 Å². The Morgan fingerprint density at radius 3 is 2.65 bits per heavy atom. The molecule has 1 heterocycles. The van der Waals surface area contributed by atoms with E-state index in [1.165, 1.54) is 6.92 Å². The minimum absolute atomic E-state index is 0.330. The lowest BCUT2D eigenvalue weighted by atomic mass is 10.2. The van der Waals surface area contributed by atoms with E-state index >= 15 is 0 Å². The fourth-order valence-electron chi connectivity index (χ4n) is 1.93. The van der Waals surface area contributed by atoms with Gasteiger partial charge < -0.3 is 9.47 Å². The largest absolute Gasteiger partial charge is 0.447 e. The molecule has 0 fully saturated rings. The Hall–Kier alpha value is -2.80. The molecule has 0 saturated carbocycles. The predicted octanol–water partition coefficient (Wildman–Crippen LogP) is 2.84. The number of hydrogen-bond donors (Lipinski definition) is 0. The molecule has 0 aliphatic rings. The molecule has 6 nitrogen and oxygen atoms in total. The van der Waals surface area contributed by atoms with Gasteiger partial charge >= 0.3 is 11.9 Å². The maximum Gasteiger partial charge on any atom is 0.352 e. The number of carbonyl (C=O) groups is 2. The second-order valence-electron chi connectivity index (χ2n) is 4.71. The van der Waals surface area contributed by atoms with E-state index in [1.807, 2.05) is 6.07 Å². The summed E-state index contributed by atoms with van der Waals surface area (Å²) in [6.45, 7) is 1.47. The van der Waals surface area contributed by atoms with E-state index in [2.05, 4.69) is 9.59 Å². The summed E-state index contributed by atoms with van der Waals surface area (Å²) in [6, 6.07) is 13.7. The molecule has 3 aromatic rings. The van der Waals surface area contributed by atoms with Gasteiger partial charge in [-0.15, -0.1) is 5.10 Å². The van der Waals surface area contributed by atoms with Gasteiger partial charge in [-0.2, -0.15) is 0 Å². The normalized spacial score (nSPS) is 11.9. The number of benzene rings is 2. The topological polar surface area (TPSA) is 78.4 Å². The molecule has 1 unspecified atom stereocenters. The molecule has 1 aromatic heterocycles. The minimum Gasteiger partial charge on any atom is -0.447 e. The van der Waals surface area contributed by atoms with Crippen molar-refractivity contribution in [2.75, 3.05) is 0 Å². The average molecular weight is 328 g/mol. The third kappa shape index (κ3) is 3.35. The molecule has 3 rings (SSSR count). The van der Waals surface area contributed by atoms with E-state index in [1.54, 1.807) is 42.5 Å². The third-order valence-electron chi connectivity index (χ3n) is 3.07. The van der Waals surface area contributed by atoms with Crippen LogP contribution < -0.4 is 4.74 Å². The maximum absolute atomic E-state index is 12.2. The molecule has 0 spiro atoms. The maximum atomic E-state index is 12.2. The number of ether oxygens (including phenoxy) is 2. The number of rotatable bonds is 4. The molecule has 0 radical (unpaired) electrons. The number of esters is 2. The first-order valence-electron chi connectivity index (χ1n) is 6.84. The van der Waals surface area contributed by atoms with Crippen molar-refractivity contribution in [1.29, 1.82) is 0 Å². The summed E-state index contributed by atoms with van der Waals surface area (Å²) in [4.78, 5) is 24.2. The Labute approximate surface area is 135 Å². The molecule has 0 saturated heterocycles. The number of hydrogen-bond acceptors (Lipinski definition) is 7. The molecule has 7 heteroatoms. The smallest absolute Gasteiger partial charge is 0.352 e. The zero-order valence-corrected chi connectivity index (χ0v) is 12.9. The monoisotopic (exact) mass is 328 g/mol. The van der Waals surface area contributed by atoms with Crippen LogP contribution in [0.2, 0.25) is 0 Å². The highest BCUT2D eigenvalue weighted by Crippen LogP contribution is 2.21. The van der Waals surface area contributed by atoms with Gasteiger partial charge in [0.1, 0.15) is 11.3 Å². The van der Waals surface area contributed by atoms with Crippen LogP contribution in [0, 0.1) is 0 Å². The second-order valence-corrected chi connectivity index (χ2v) is 5.46. The molecule has 0 bridgehead atoms. The van der Waals surface area contributed by atoms with E-state index in [-0.39, 0.29) is 0 Å². The van der Waals surface area contributed by atoms with E-state index < -0.39 is 18.0 Å². The second kappa shape index (κ2) is 6.53. The van der Waals surface area contributed by atoms with Crippen LogP contribution in [-0.2, 0) is 9.53 Å². The number of nitrogens with zero attached hydrogens (tertiary/aromatic N) is 2. The van der Waals surface area contributed by atoms with E-state index in [9.17, 15) is 9.59 Å². The van der Waals surface area contributed by atoms with Crippen molar-refractivity contribution in [1.82, 2.24) is 9.59 Å². The van der Waals surface area contributed by atoms with Gasteiger partial charge in [-0.1, -0.05) is 28.8 Å². The molecular weight excluding hydrogens is 316 g/mol. The van der Waals surface area contributed by atoms with Gasteiger partial charge in [-0.25, -0.2) is 9.59 Å². The van der Waals surface area contributed by atoms with Crippen molar-refractivity contribution in [3.63, 3.8) is 0 Å². The van der Waals surface area contributed by atoms with Gasteiger partial charge in [0.05, 0.1) is 10.3 Å². The van der Waals surface area contributed by atoms with Crippen LogP contribution in [0.3, 0.4) is 0 Å². The summed E-state index contributed by atoms with van der Waals surface area (Å²) in [5.41, 5.74) is 0.945. The van der Waals surface area contributed by atoms with Crippen molar-refractivity contribution in [3.8, 4) is 5.75 Å². The Balaban J connectivity index is 1.70. The van der Waals surface area contributed by atoms with Crippen LogP contribution in [-0.4, -0.2) is 27.6 Å². The molecule has 0 amide bonds. The molecular formula is C16H12N2O4S. The van der Waals surface area contributed by atoms with Crippen LogP contribution in [0.25, 0.3) is 10.2 Å². The lowest BCUT2D eigenvalue weighted by Gasteiger charge is -2.12. The van der Waals surface area contributed by atoms with Crippen LogP contribution in [0.5, 0.6) is 5.75 Å². The summed E-state index contributed by atoms with van der Waals surface area (Å²) in [5.74, 6) is -0.854. The zero-order chi connectivity index (χ0) is 16.2. The SMILES string of the molecule is CC(OC(=O)c1cccc2nnsc12)C(=O)Oc1ccccc1. The summed E-state index contributed by atoms with van der Waals surface area (Å²) in [6.07, 6.45) is -1.03. The average Bonchev–Trinajstić information content (AvgIpc) is 3.04. The Kier molecular flexibility index (Phi) is 4.29. The van der Waals surface area contributed by atoms with Gasteiger partial charge in [-0.05, 0) is 42.7 Å². The highest BCUT2D eigenvalue weighted by Gasteiger charge is 2.22. The van der Waals surface area contributed by atoms with Gasteiger partial charge in [0.15, 0.2) is 6.10 Å². The summed E-state index contributed by atoms with van der Waals surface area (Å²) < 4.78 is 14.8. The first-order valence-corrected chi connectivity index (χ1v) is 7.61. The summed E-state index contributed by atoms with van der Waals surface area (Å²) in [7, 11) is 0. The van der Waals surface area contributed by atoms with Crippen LogP contribution in [0.4, 0.5) is 0 Å². The van der Waals surface area contributed by atoms with Crippen LogP contribution in [0.15, 0.2) is 48.5 Å². The molecule has 0 aliphatic heterocycles. The van der Waals surface area contributed by atoms with E-state index in [4.69, 9.17) is 9.47 Å².